The van der Waals surface area contributed by atoms with Crippen molar-refractivity contribution in [3.8, 4) is 0 Å². The van der Waals surface area contributed by atoms with Crippen LogP contribution >= 0.6 is 23.5 Å². The van der Waals surface area contributed by atoms with Crippen molar-refractivity contribution in [3.63, 3.8) is 0 Å². The van der Waals surface area contributed by atoms with Gasteiger partial charge in [-0.05, 0) is 0 Å². The summed E-state index contributed by atoms with van der Waals surface area (Å²) in [4.78, 5) is 8.45. The predicted octanol–water partition coefficient (Wildman–Crippen LogP) is 1.61. The normalized spacial score (nSPS) is 31.1. The van der Waals surface area contributed by atoms with Gasteiger partial charge < -0.3 is 0 Å². The number of hydrogen-bond acceptors (Lipinski definition) is 6. The number of nitrogens with one attached hydrogen (secondary N) is 1. The summed E-state index contributed by atoms with van der Waals surface area (Å²) in [5.41, 5.74) is 3.81. The van der Waals surface area contributed by atoms with E-state index in [9.17, 15) is 0 Å². The molecule has 2 heterocycles. The van der Waals surface area contributed by atoms with Gasteiger partial charge >= 0.3 is 0 Å². The fourth-order valence-electron chi connectivity index (χ4n) is 1.84. The van der Waals surface area contributed by atoms with Crippen LogP contribution in [0.5, 0.6) is 0 Å². The van der Waals surface area contributed by atoms with Gasteiger partial charge in [0.25, 0.3) is 0 Å². The molecule has 4 atom stereocenters. The van der Waals surface area contributed by atoms with Gasteiger partial charge in [-0.2, -0.15) is 23.5 Å². The average molecular weight is 270 g/mol. The second kappa shape index (κ2) is 6.04. The molecule has 0 saturated carbocycles. The molecule has 0 aromatic carbocycles. The topological polar surface area (TPSA) is 63.8 Å². The zero-order chi connectivity index (χ0) is 12.3. The fourth-order valence-corrected chi connectivity index (χ4v) is 4.92. The maximum Gasteiger partial charge on any atom is 0.0781 e. The standard InChI is InChI=1S/C11H18N4S2/c1-7-8(2)17-10(6-16-7)11(15-12)9-5-13-3-4-14-9/h3-5,7-8,10-11,15H,6,12H2,1-2H3. The zero-order valence-electron chi connectivity index (χ0n) is 10.0. The predicted molar refractivity (Wildman–Crippen MR) is 74.9 cm³/mol. The molecule has 4 unspecified atom stereocenters. The highest BCUT2D eigenvalue weighted by atomic mass is 32.2. The van der Waals surface area contributed by atoms with Gasteiger partial charge in [0.2, 0.25) is 0 Å². The first kappa shape index (κ1) is 13.1. The molecule has 1 saturated heterocycles. The molecule has 1 aliphatic rings. The molecular weight excluding hydrogens is 252 g/mol. The van der Waals surface area contributed by atoms with Crippen molar-refractivity contribution in [2.45, 2.75) is 35.6 Å². The van der Waals surface area contributed by atoms with E-state index in [-0.39, 0.29) is 6.04 Å². The lowest BCUT2D eigenvalue weighted by Crippen LogP contribution is -2.40. The van der Waals surface area contributed by atoms with Crippen LogP contribution in [-0.4, -0.2) is 31.5 Å². The molecule has 0 radical (unpaired) electrons. The van der Waals surface area contributed by atoms with Gasteiger partial charge in [-0.1, -0.05) is 13.8 Å². The van der Waals surface area contributed by atoms with Crippen LogP contribution in [0, 0.1) is 0 Å². The minimum Gasteiger partial charge on any atom is -0.271 e. The maximum atomic E-state index is 5.68. The van der Waals surface area contributed by atoms with Gasteiger partial charge in [-0.25, -0.2) is 0 Å². The van der Waals surface area contributed by atoms with Gasteiger partial charge in [0.1, 0.15) is 0 Å². The summed E-state index contributed by atoms with van der Waals surface area (Å²) in [5.74, 6) is 6.77. The Kier molecular flexibility index (Phi) is 4.67. The molecule has 94 valence electrons. The first-order valence-electron chi connectivity index (χ1n) is 5.71. The minimum absolute atomic E-state index is 0.0798. The van der Waals surface area contributed by atoms with Crippen LogP contribution in [0.25, 0.3) is 0 Å². The average Bonchev–Trinajstić information content (AvgIpc) is 2.36. The third-order valence-electron chi connectivity index (χ3n) is 3.03. The molecule has 0 aliphatic carbocycles. The SMILES string of the molecule is CC1SCC(C(NN)c2cnccn2)SC1C. The quantitative estimate of drug-likeness (QED) is 0.642. The van der Waals surface area contributed by atoms with E-state index in [1.807, 2.05) is 23.5 Å². The molecule has 0 spiro atoms. The summed E-state index contributed by atoms with van der Waals surface area (Å²) in [6, 6.07) is 0.0798. The number of rotatable bonds is 3. The van der Waals surface area contributed by atoms with Gasteiger partial charge in [0.05, 0.1) is 17.9 Å². The van der Waals surface area contributed by atoms with E-state index in [1.165, 1.54) is 0 Å². The highest BCUT2D eigenvalue weighted by Gasteiger charge is 2.32. The summed E-state index contributed by atoms with van der Waals surface area (Å²) in [6.07, 6.45) is 5.19. The second-order valence-electron chi connectivity index (χ2n) is 4.19. The van der Waals surface area contributed by atoms with E-state index in [1.54, 1.807) is 18.6 Å². The number of thioether (sulfide) groups is 2. The number of nitrogens with zero attached hydrogens (tertiary/aromatic N) is 2. The molecule has 1 aromatic heterocycles. The highest BCUT2D eigenvalue weighted by Crippen LogP contribution is 2.40. The van der Waals surface area contributed by atoms with E-state index in [0.29, 0.717) is 15.7 Å². The summed E-state index contributed by atoms with van der Waals surface area (Å²) < 4.78 is 0. The lowest BCUT2D eigenvalue weighted by molar-refractivity contribution is 0.534. The number of nitrogens with two attached hydrogens (primary N) is 1. The molecule has 0 bridgehead atoms. The van der Waals surface area contributed by atoms with E-state index < -0.39 is 0 Å². The third-order valence-corrected chi connectivity index (χ3v) is 6.52. The van der Waals surface area contributed by atoms with Crippen molar-refractivity contribution in [1.82, 2.24) is 15.4 Å². The summed E-state index contributed by atoms with van der Waals surface area (Å²) in [5, 5.41) is 1.80. The lowest BCUT2D eigenvalue weighted by Gasteiger charge is -2.35. The molecule has 3 N–H and O–H groups in total. The van der Waals surface area contributed by atoms with Crippen LogP contribution in [0.4, 0.5) is 0 Å². The van der Waals surface area contributed by atoms with E-state index in [2.05, 4.69) is 29.2 Å². The summed E-state index contributed by atoms with van der Waals surface area (Å²) in [6.45, 7) is 4.56. The number of aromatic nitrogens is 2. The molecule has 6 heteroatoms. The largest absolute Gasteiger partial charge is 0.271 e. The van der Waals surface area contributed by atoms with Crippen molar-refractivity contribution in [1.29, 1.82) is 0 Å². The highest BCUT2D eigenvalue weighted by molar-refractivity contribution is 8.07. The van der Waals surface area contributed by atoms with Crippen molar-refractivity contribution in [2.24, 2.45) is 5.84 Å². The Morgan fingerprint density at radius 3 is 2.82 bits per heavy atom. The van der Waals surface area contributed by atoms with Crippen LogP contribution in [0.2, 0.25) is 0 Å². The van der Waals surface area contributed by atoms with Crippen LogP contribution in [-0.2, 0) is 0 Å². The summed E-state index contributed by atoms with van der Waals surface area (Å²) in [7, 11) is 0. The number of hydrogen-bond donors (Lipinski definition) is 2. The first-order chi connectivity index (χ1) is 8.22. The van der Waals surface area contributed by atoms with Crippen LogP contribution in [0.1, 0.15) is 25.6 Å². The van der Waals surface area contributed by atoms with Crippen molar-refractivity contribution in [2.75, 3.05) is 5.75 Å². The Hall–Kier alpha value is -0.300. The van der Waals surface area contributed by atoms with Crippen molar-refractivity contribution in [3.05, 3.63) is 24.3 Å². The van der Waals surface area contributed by atoms with Crippen LogP contribution in [0.3, 0.4) is 0 Å². The Balaban J connectivity index is 2.09. The minimum atomic E-state index is 0.0798. The Morgan fingerprint density at radius 2 is 2.24 bits per heavy atom. The Morgan fingerprint density at radius 1 is 1.41 bits per heavy atom. The monoisotopic (exact) mass is 270 g/mol. The van der Waals surface area contributed by atoms with Crippen molar-refractivity contribution < 1.29 is 0 Å². The molecular formula is C11H18N4S2. The van der Waals surface area contributed by atoms with Crippen LogP contribution in [0.15, 0.2) is 18.6 Å². The number of hydrazine groups is 1. The Labute approximate surface area is 111 Å². The van der Waals surface area contributed by atoms with Gasteiger partial charge in [-0.3, -0.25) is 21.2 Å². The molecule has 0 amide bonds. The molecule has 4 nitrogen and oxygen atoms in total. The van der Waals surface area contributed by atoms with E-state index in [0.717, 1.165) is 11.4 Å². The Bertz CT molecular complexity index is 349. The first-order valence-corrected chi connectivity index (χ1v) is 7.70. The van der Waals surface area contributed by atoms with Gasteiger partial charge in [0.15, 0.2) is 0 Å². The maximum absolute atomic E-state index is 5.68. The molecule has 1 aromatic rings. The smallest absolute Gasteiger partial charge is 0.0781 e. The lowest BCUT2D eigenvalue weighted by atomic mass is 10.1. The van der Waals surface area contributed by atoms with E-state index >= 15 is 0 Å². The molecule has 1 aliphatic heterocycles. The van der Waals surface area contributed by atoms with Crippen molar-refractivity contribution >= 4 is 23.5 Å². The second-order valence-corrected chi connectivity index (χ2v) is 7.22. The fraction of sp³-hybridized carbons (Fsp3) is 0.636. The van der Waals surface area contributed by atoms with Crippen LogP contribution < -0.4 is 11.3 Å². The van der Waals surface area contributed by atoms with E-state index in [4.69, 9.17) is 5.84 Å². The van der Waals surface area contributed by atoms with Gasteiger partial charge in [0, 0.05) is 33.9 Å². The molecule has 17 heavy (non-hydrogen) atoms. The third kappa shape index (κ3) is 3.13. The molecule has 2 rings (SSSR count). The molecule has 1 fully saturated rings. The van der Waals surface area contributed by atoms with Gasteiger partial charge in [-0.15, -0.1) is 0 Å². The zero-order valence-corrected chi connectivity index (χ0v) is 11.7. The summed E-state index contributed by atoms with van der Waals surface area (Å²) >= 11 is 4.00.